The molecule has 138 valence electrons. The highest BCUT2D eigenvalue weighted by Crippen LogP contribution is 2.26. The van der Waals surface area contributed by atoms with Gasteiger partial charge in [0, 0.05) is 13.1 Å². The van der Waals surface area contributed by atoms with Gasteiger partial charge in [-0.25, -0.2) is 12.8 Å². The molecule has 1 aliphatic heterocycles. The average molecular weight is 376 g/mol. The lowest BCUT2D eigenvalue weighted by Crippen LogP contribution is -2.46. The molecule has 0 aliphatic carbocycles. The van der Waals surface area contributed by atoms with Crippen molar-refractivity contribution in [2.75, 3.05) is 13.1 Å². The molecule has 2 aromatic rings. The normalized spacial score (nSPS) is 18.0. The minimum Gasteiger partial charge on any atom is -0.354 e. The number of carbonyl (C=O) groups is 1. The lowest BCUT2D eigenvalue weighted by Gasteiger charge is -2.23. The van der Waals surface area contributed by atoms with Crippen LogP contribution in [-0.2, 0) is 21.2 Å². The Labute approximate surface area is 152 Å². The number of benzene rings is 2. The maximum absolute atomic E-state index is 13.6. The summed E-state index contributed by atoms with van der Waals surface area (Å²) in [7, 11) is -3.70. The summed E-state index contributed by atoms with van der Waals surface area (Å²) < 4.78 is 40.5. The molecule has 3 rings (SSSR count). The van der Waals surface area contributed by atoms with Crippen molar-refractivity contribution < 1.29 is 17.6 Å². The molecule has 0 aromatic heterocycles. The minimum atomic E-state index is -3.70. The zero-order valence-corrected chi connectivity index (χ0v) is 15.1. The number of amides is 1. The second-order valence-corrected chi connectivity index (χ2v) is 8.11. The Kier molecular flexibility index (Phi) is 5.68. The highest BCUT2D eigenvalue weighted by atomic mass is 32.2. The largest absolute Gasteiger partial charge is 0.354 e. The van der Waals surface area contributed by atoms with Gasteiger partial charge in [-0.2, -0.15) is 4.31 Å². The lowest BCUT2D eigenvalue weighted by molar-refractivity contribution is -0.124. The molecule has 26 heavy (non-hydrogen) atoms. The van der Waals surface area contributed by atoms with Gasteiger partial charge in [0.1, 0.15) is 11.9 Å². The van der Waals surface area contributed by atoms with Crippen LogP contribution in [0.5, 0.6) is 0 Å². The number of sulfonamides is 1. The van der Waals surface area contributed by atoms with Crippen LogP contribution in [0.4, 0.5) is 4.39 Å². The third kappa shape index (κ3) is 3.94. The minimum absolute atomic E-state index is 0.186. The lowest BCUT2D eigenvalue weighted by atomic mass is 10.1. The van der Waals surface area contributed by atoms with Gasteiger partial charge in [-0.15, -0.1) is 0 Å². The van der Waals surface area contributed by atoms with E-state index in [-0.39, 0.29) is 23.2 Å². The number of hydrogen-bond donors (Lipinski definition) is 1. The van der Waals surface area contributed by atoms with E-state index in [1.807, 2.05) is 0 Å². The Morgan fingerprint density at radius 3 is 2.54 bits per heavy atom. The maximum Gasteiger partial charge on any atom is 0.243 e. The van der Waals surface area contributed by atoms with Crippen LogP contribution in [0.3, 0.4) is 0 Å². The van der Waals surface area contributed by atoms with Gasteiger partial charge < -0.3 is 5.32 Å². The summed E-state index contributed by atoms with van der Waals surface area (Å²) in [4.78, 5) is 12.7. The molecule has 1 saturated heterocycles. The van der Waals surface area contributed by atoms with Gasteiger partial charge in [-0.05, 0) is 43.0 Å². The molecular weight excluding hydrogens is 355 g/mol. The molecule has 1 heterocycles. The standard InChI is InChI=1S/C19H21FN2O3S/c20-17-10-5-4-7-15(17)12-13-21-19(23)18-11-6-14-22(18)26(24,25)16-8-2-1-3-9-16/h1-5,7-10,18H,6,11-14H2,(H,21,23)/t18-/m1/s1. The summed E-state index contributed by atoms with van der Waals surface area (Å²) in [5.41, 5.74) is 0.521. The highest BCUT2D eigenvalue weighted by molar-refractivity contribution is 7.89. The predicted molar refractivity (Wildman–Crippen MR) is 96.5 cm³/mol. The molecule has 0 unspecified atom stereocenters. The van der Waals surface area contributed by atoms with E-state index in [0.29, 0.717) is 31.4 Å². The van der Waals surface area contributed by atoms with Crippen LogP contribution in [0.25, 0.3) is 0 Å². The number of rotatable bonds is 6. The Morgan fingerprint density at radius 1 is 1.12 bits per heavy atom. The summed E-state index contributed by atoms with van der Waals surface area (Å²) in [5, 5.41) is 2.74. The predicted octanol–water partition coefficient (Wildman–Crippen LogP) is 2.34. The molecule has 1 atom stereocenters. The Hall–Kier alpha value is -2.25. The van der Waals surface area contributed by atoms with E-state index < -0.39 is 16.1 Å². The molecule has 2 aromatic carbocycles. The summed E-state index contributed by atoms with van der Waals surface area (Å²) in [5.74, 6) is -0.644. The quantitative estimate of drug-likeness (QED) is 0.842. The van der Waals surface area contributed by atoms with Gasteiger partial charge in [0.2, 0.25) is 15.9 Å². The molecule has 0 bridgehead atoms. The molecule has 0 saturated carbocycles. The van der Waals surface area contributed by atoms with Crippen LogP contribution in [0.2, 0.25) is 0 Å². The first-order chi connectivity index (χ1) is 12.5. The van der Waals surface area contributed by atoms with Gasteiger partial charge in [0.25, 0.3) is 0 Å². The number of nitrogens with zero attached hydrogens (tertiary/aromatic N) is 1. The van der Waals surface area contributed by atoms with Crippen LogP contribution in [0.15, 0.2) is 59.5 Å². The fourth-order valence-electron chi connectivity index (χ4n) is 3.16. The molecular formula is C19H21FN2O3S. The van der Waals surface area contributed by atoms with E-state index in [1.165, 1.54) is 22.5 Å². The van der Waals surface area contributed by atoms with Crippen molar-refractivity contribution in [3.8, 4) is 0 Å². The molecule has 1 aliphatic rings. The third-order valence-corrected chi connectivity index (χ3v) is 6.43. The van der Waals surface area contributed by atoms with E-state index >= 15 is 0 Å². The topological polar surface area (TPSA) is 66.5 Å². The third-order valence-electron chi connectivity index (χ3n) is 4.51. The van der Waals surface area contributed by atoms with E-state index in [4.69, 9.17) is 0 Å². The van der Waals surface area contributed by atoms with Crippen molar-refractivity contribution in [1.29, 1.82) is 0 Å². The van der Waals surface area contributed by atoms with Gasteiger partial charge in [0.15, 0.2) is 0 Å². The maximum atomic E-state index is 13.6. The molecule has 1 N–H and O–H groups in total. The molecule has 7 heteroatoms. The molecule has 1 fully saturated rings. The fourth-order valence-corrected chi connectivity index (χ4v) is 4.83. The highest BCUT2D eigenvalue weighted by Gasteiger charge is 2.39. The van der Waals surface area contributed by atoms with Gasteiger partial charge in [-0.1, -0.05) is 36.4 Å². The summed E-state index contributed by atoms with van der Waals surface area (Å²) >= 11 is 0. The SMILES string of the molecule is O=C(NCCc1ccccc1F)[C@H]1CCCN1S(=O)(=O)c1ccccc1. The van der Waals surface area contributed by atoms with Crippen LogP contribution >= 0.6 is 0 Å². The second kappa shape index (κ2) is 7.97. The van der Waals surface area contributed by atoms with E-state index in [2.05, 4.69) is 5.32 Å². The molecule has 0 spiro atoms. The smallest absolute Gasteiger partial charge is 0.243 e. The molecule has 1 amide bonds. The summed E-state index contributed by atoms with van der Waals surface area (Å²) in [6.07, 6.45) is 1.48. The average Bonchev–Trinajstić information content (AvgIpc) is 3.15. The van der Waals surface area contributed by atoms with Crippen molar-refractivity contribution in [1.82, 2.24) is 9.62 Å². The number of hydrogen-bond acceptors (Lipinski definition) is 3. The second-order valence-electron chi connectivity index (χ2n) is 6.22. The summed E-state index contributed by atoms with van der Waals surface area (Å²) in [6, 6.07) is 13.8. The van der Waals surface area contributed by atoms with Gasteiger partial charge in [-0.3, -0.25) is 4.79 Å². The number of halogens is 1. The Balaban J connectivity index is 1.64. The first-order valence-electron chi connectivity index (χ1n) is 8.58. The zero-order chi connectivity index (χ0) is 18.6. The van der Waals surface area contributed by atoms with Gasteiger partial charge >= 0.3 is 0 Å². The van der Waals surface area contributed by atoms with Crippen LogP contribution < -0.4 is 5.32 Å². The Bertz CT molecular complexity index is 871. The first-order valence-corrected chi connectivity index (χ1v) is 10.0. The van der Waals surface area contributed by atoms with Crippen molar-refractivity contribution in [2.24, 2.45) is 0 Å². The van der Waals surface area contributed by atoms with Gasteiger partial charge in [0.05, 0.1) is 4.90 Å². The van der Waals surface area contributed by atoms with Crippen molar-refractivity contribution in [2.45, 2.75) is 30.2 Å². The van der Waals surface area contributed by atoms with Crippen molar-refractivity contribution in [3.05, 3.63) is 66.0 Å². The Morgan fingerprint density at radius 2 is 1.81 bits per heavy atom. The first kappa shape index (κ1) is 18.5. The zero-order valence-electron chi connectivity index (χ0n) is 14.3. The van der Waals surface area contributed by atoms with Crippen LogP contribution in [0, 0.1) is 5.82 Å². The molecule has 0 radical (unpaired) electrons. The van der Waals surface area contributed by atoms with E-state index in [1.54, 1.807) is 36.4 Å². The molecule has 5 nitrogen and oxygen atoms in total. The van der Waals surface area contributed by atoms with Crippen molar-refractivity contribution in [3.63, 3.8) is 0 Å². The number of carbonyl (C=O) groups excluding carboxylic acids is 1. The van der Waals surface area contributed by atoms with Crippen LogP contribution in [0.1, 0.15) is 18.4 Å². The van der Waals surface area contributed by atoms with E-state index in [9.17, 15) is 17.6 Å². The van der Waals surface area contributed by atoms with Crippen molar-refractivity contribution >= 4 is 15.9 Å². The number of nitrogens with one attached hydrogen (secondary N) is 1. The monoisotopic (exact) mass is 376 g/mol. The van der Waals surface area contributed by atoms with E-state index in [0.717, 1.165) is 0 Å². The summed E-state index contributed by atoms with van der Waals surface area (Å²) in [6.45, 7) is 0.581. The van der Waals surface area contributed by atoms with Crippen LogP contribution in [-0.4, -0.2) is 37.8 Å². The fraction of sp³-hybridized carbons (Fsp3) is 0.316.